The summed E-state index contributed by atoms with van der Waals surface area (Å²) in [6.07, 6.45) is 15.6. The Morgan fingerprint density at radius 2 is 1.41 bits per heavy atom. The van der Waals surface area contributed by atoms with E-state index in [2.05, 4.69) is 6.92 Å². The molecule has 192 valence electrons. The van der Waals surface area contributed by atoms with Crippen molar-refractivity contribution in [3.05, 3.63) is 0 Å². The van der Waals surface area contributed by atoms with Gasteiger partial charge in [-0.3, -0.25) is 8.98 Å². The Labute approximate surface area is 197 Å². The molecule has 0 aliphatic heterocycles. The number of unbranched alkanes of at least 4 members (excludes halogenated alkanes) is 10. The lowest BCUT2D eigenvalue weighted by Crippen LogP contribution is -2.37. The molecule has 1 atom stereocenters. The van der Waals surface area contributed by atoms with Gasteiger partial charge in [0.25, 0.3) is 10.1 Å². The number of carbonyl (C=O) groups excluding carboxylic acids is 1. The van der Waals surface area contributed by atoms with Crippen LogP contribution in [0.3, 0.4) is 0 Å². The van der Waals surface area contributed by atoms with Gasteiger partial charge in [0.1, 0.15) is 6.10 Å². The Morgan fingerprint density at radius 1 is 0.844 bits per heavy atom. The molecular weight excluding hydrogens is 430 g/mol. The SMILES string of the molecule is CCCCCCCCCCCCOCC(CN(C)CCOS(C)(=O)=O)OC(=O)CCCC. The molecule has 0 N–H and O–H groups in total. The van der Waals surface area contributed by atoms with Crippen LogP contribution in [0.2, 0.25) is 0 Å². The molecule has 0 heterocycles. The number of nitrogens with zero attached hydrogens (tertiary/aromatic N) is 1. The Kier molecular flexibility index (Phi) is 20.4. The molecule has 0 fully saturated rings. The Hall–Kier alpha value is -0.700. The van der Waals surface area contributed by atoms with Gasteiger partial charge in [-0.15, -0.1) is 0 Å². The van der Waals surface area contributed by atoms with Crippen molar-refractivity contribution >= 4 is 16.1 Å². The third-order valence-corrected chi connectivity index (χ3v) is 5.86. The second kappa shape index (κ2) is 20.9. The Bertz CT molecular complexity index is 541. The maximum atomic E-state index is 12.1. The molecule has 0 aliphatic rings. The largest absolute Gasteiger partial charge is 0.459 e. The summed E-state index contributed by atoms with van der Waals surface area (Å²) in [4.78, 5) is 14.0. The fourth-order valence-electron chi connectivity index (χ4n) is 3.38. The number of ether oxygens (including phenoxy) is 2. The average molecular weight is 480 g/mol. The highest BCUT2D eigenvalue weighted by atomic mass is 32.2. The van der Waals surface area contributed by atoms with E-state index in [1.54, 1.807) is 0 Å². The van der Waals surface area contributed by atoms with Crippen molar-refractivity contribution in [2.75, 3.05) is 46.2 Å². The zero-order chi connectivity index (χ0) is 24.1. The fourth-order valence-corrected chi connectivity index (χ4v) is 3.76. The zero-order valence-electron chi connectivity index (χ0n) is 21.1. The van der Waals surface area contributed by atoms with E-state index in [9.17, 15) is 13.2 Å². The van der Waals surface area contributed by atoms with Crippen LogP contribution in [-0.2, 0) is 28.6 Å². The predicted molar refractivity (Wildman–Crippen MR) is 130 cm³/mol. The first-order chi connectivity index (χ1) is 15.3. The van der Waals surface area contributed by atoms with Crippen molar-refractivity contribution in [1.82, 2.24) is 4.90 Å². The van der Waals surface area contributed by atoms with Gasteiger partial charge in [-0.25, -0.2) is 0 Å². The molecule has 0 amide bonds. The van der Waals surface area contributed by atoms with Crippen LogP contribution in [0.1, 0.15) is 97.3 Å². The zero-order valence-corrected chi connectivity index (χ0v) is 21.9. The number of carbonyl (C=O) groups is 1. The third-order valence-electron chi connectivity index (χ3n) is 5.26. The molecule has 8 heteroatoms. The van der Waals surface area contributed by atoms with Gasteiger partial charge < -0.3 is 14.4 Å². The first-order valence-electron chi connectivity index (χ1n) is 12.6. The minimum absolute atomic E-state index is 0.0747. The number of hydrogen-bond acceptors (Lipinski definition) is 7. The molecule has 7 nitrogen and oxygen atoms in total. The minimum atomic E-state index is -3.45. The van der Waals surface area contributed by atoms with Gasteiger partial charge in [0.05, 0.1) is 19.5 Å². The topological polar surface area (TPSA) is 82.1 Å². The first kappa shape index (κ1) is 31.3. The van der Waals surface area contributed by atoms with Crippen LogP contribution in [0.5, 0.6) is 0 Å². The van der Waals surface area contributed by atoms with E-state index in [0.717, 1.165) is 25.5 Å². The molecule has 0 aliphatic carbocycles. The highest BCUT2D eigenvalue weighted by Crippen LogP contribution is 2.11. The highest BCUT2D eigenvalue weighted by Gasteiger charge is 2.17. The van der Waals surface area contributed by atoms with E-state index in [1.165, 1.54) is 57.8 Å². The Morgan fingerprint density at radius 3 is 1.97 bits per heavy atom. The summed E-state index contributed by atoms with van der Waals surface area (Å²) < 4.78 is 38.4. The molecule has 0 saturated carbocycles. The monoisotopic (exact) mass is 479 g/mol. The second-order valence-electron chi connectivity index (χ2n) is 8.76. The van der Waals surface area contributed by atoms with E-state index in [-0.39, 0.29) is 18.7 Å². The summed E-state index contributed by atoms with van der Waals surface area (Å²) in [6, 6.07) is 0. The fraction of sp³-hybridized carbons (Fsp3) is 0.958. The molecule has 32 heavy (non-hydrogen) atoms. The van der Waals surface area contributed by atoms with Crippen LogP contribution >= 0.6 is 0 Å². The lowest BCUT2D eigenvalue weighted by molar-refractivity contribution is -0.153. The maximum absolute atomic E-state index is 12.1. The predicted octanol–water partition coefficient (Wildman–Crippen LogP) is 4.93. The van der Waals surface area contributed by atoms with Gasteiger partial charge in [0.15, 0.2) is 0 Å². The molecule has 0 aromatic carbocycles. The van der Waals surface area contributed by atoms with Gasteiger partial charge in [-0.1, -0.05) is 78.1 Å². The van der Waals surface area contributed by atoms with Crippen LogP contribution < -0.4 is 0 Å². The average Bonchev–Trinajstić information content (AvgIpc) is 2.72. The van der Waals surface area contributed by atoms with Crippen molar-refractivity contribution in [3.63, 3.8) is 0 Å². The summed E-state index contributed by atoms with van der Waals surface area (Å²) in [6.45, 7) is 6.28. The second-order valence-corrected chi connectivity index (χ2v) is 10.4. The lowest BCUT2D eigenvalue weighted by atomic mass is 10.1. The number of likely N-dealkylation sites (N-methyl/N-ethyl adjacent to an activating group) is 1. The van der Waals surface area contributed by atoms with E-state index in [0.29, 0.717) is 32.7 Å². The molecule has 1 unspecified atom stereocenters. The van der Waals surface area contributed by atoms with Crippen molar-refractivity contribution in [2.24, 2.45) is 0 Å². The van der Waals surface area contributed by atoms with Crippen LogP contribution in [0, 0.1) is 0 Å². The van der Waals surface area contributed by atoms with Gasteiger partial charge in [-0.2, -0.15) is 8.42 Å². The molecule has 0 aromatic rings. The smallest absolute Gasteiger partial charge is 0.306 e. The summed E-state index contributed by atoms with van der Waals surface area (Å²) in [5.41, 5.74) is 0. The first-order valence-corrected chi connectivity index (χ1v) is 14.4. The molecule has 0 rings (SSSR count). The minimum Gasteiger partial charge on any atom is -0.459 e. The maximum Gasteiger partial charge on any atom is 0.306 e. The van der Waals surface area contributed by atoms with Gasteiger partial charge in [0, 0.05) is 26.1 Å². The van der Waals surface area contributed by atoms with Crippen molar-refractivity contribution < 1.29 is 26.9 Å². The van der Waals surface area contributed by atoms with Gasteiger partial charge in [-0.05, 0) is 19.9 Å². The molecule has 0 radical (unpaired) electrons. The molecule has 0 aromatic heterocycles. The quantitative estimate of drug-likeness (QED) is 0.117. The third kappa shape index (κ3) is 22.5. The van der Waals surface area contributed by atoms with Crippen LogP contribution in [0.4, 0.5) is 0 Å². The number of hydrogen-bond donors (Lipinski definition) is 0. The number of rotatable bonds is 23. The molecule has 0 spiro atoms. The number of esters is 1. The lowest BCUT2D eigenvalue weighted by Gasteiger charge is -2.24. The van der Waals surface area contributed by atoms with E-state index >= 15 is 0 Å². The van der Waals surface area contributed by atoms with Crippen LogP contribution in [-0.4, -0.2) is 71.6 Å². The standard InChI is InChI=1S/C24H49NO6S/c1-5-7-9-10-11-12-13-14-15-16-19-29-22-23(31-24(26)17-8-6-2)21-25(3)18-20-30-32(4,27)28/h23H,5-22H2,1-4H3. The summed E-state index contributed by atoms with van der Waals surface area (Å²) in [5, 5.41) is 0. The van der Waals surface area contributed by atoms with E-state index < -0.39 is 10.1 Å². The molecular formula is C24H49NO6S. The molecule has 0 saturated heterocycles. The van der Waals surface area contributed by atoms with Crippen molar-refractivity contribution in [1.29, 1.82) is 0 Å². The molecule has 0 bridgehead atoms. The van der Waals surface area contributed by atoms with E-state index in [4.69, 9.17) is 13.7 Å². The highest BCUT2D eigenvalue weighted by molar-refractivity contribution is 7.85. The van der Waals surface area contributed by atoms with Crippen LogP contribution in [0.25, 0.3) is 0 Å². The van der Waals surface area contributed by atoms with Crippen molar-refractivity contribution in [2.45, 2.75) is 103 Å². The van der Waals surface area contributed by atoms with Crippen LogP contribution in [0.15, 0.2) is 0 Å². The normalized spacial score (nSPS) is 12.9. The van der Waals surface area contributed by atoms with E-state index in [1.807, 2.05) is 18.9 Å². The van der Waals surface area contributed by atoms with Crippen molar-refractivity contribution in [3.8, 4) is 0 Å². The van der Waals surface area contributed by atoms with Gasteiger partial charge >= 0.3 is 5.97 Å². The Balaban J connectivity index is 4.07. The summed E-state index contributed by atoms with van der Waals surface area (Å²) in [5.74, 6) is -0.208. The summed E-state index contributed by atoms with van der Waals surface area (Å²) >= 11 is 0. The van der Waals surface area contributed by atoms with Gasteiger partial charge in [0.2, 0.25) is 0 Å². The summed E-state index contributed by atoms with van der Waals surface area (Å²) in [7, 11) is -1.60.